The molecule has 0 heterocycles. The molecule has 0 aliphatic heterocycles. The first-order valence-electron chi connectivity index (χ1n) is 15.6. The van der Waals surface area contributed by atoms with E-state index in [0.717, 1.165) is 32.7 Å². The number of hydrogen-bond acceptors (Lipinski definition) is 1. The highest BCUT2D eigenvalue weighted by molar-refractivity contribution is 9.10. The van der Waals surface area contributed by atoms with Crippen LogP contribution >= 0.6 is 15.9 Å². The summed E-state index contributed by atoms with van der Waals surface area (Å²) in [5, 5.41) is 2.49. The van der Waals surface area contributed by atoms with Gasteiger partial charge in [0.25, 0.3) is 0 Å². The normalized spacial score (nSPS) is 14.0. The third-order valence-electron chi connectivity index (χ3n) is 8.95. The van der Waals surface area contributed by atoms with Crippen LogP contribution in [0.4, 0.5) is 17.1 Å². The number of halogens is 1. The second-order valence-corrected chi connectivity index (χ2v) is 12.9. The van der Waals surface area contributed by atoms with Crippen molar-refractivity contribution in [2.75, 3.05) is 4.90 Å². The van der Waals surface area contributed by atoms with Gasteiger partial charge in [0.2, 0.25) is 0 Å². The first kappa shape index (κ1) is 31.1. The molecule has 0 N–H and O–H groups in total. The molecule has 2 heteroatoms. The van der Waals surface area contributed by atoms with Crippen molar-refractivity contribution in [3.8, 4) is 11.1 Å². The topological polar surface area (TPSA) is 3.24 Å². The van der Waals surface area contributed by atoms with Crippen LogP contribution in [0, 0.1) is 0 Å². The van der Waals surface area contributed by atoms with Gasteiger partial charge >= 0.3 is 0 Å². The largest absolute Gasteiger partial charge is 0.310 e. The molecule has 1 aliphatic rings. The second-order valence-electron chi connectivity index (χ2n) is 12.0. The maximum absolute atomic E-state index is 4.20. The lowest BCUT2D eigenvalue weighted by molar-refractivity contribution is 0.651. The third kappa shape index (κ3) is 5.44. The highest BCUT2D eigenvalue weighted by Gasteiger charge is 2.38. The van der Waals surface area contributed by atoms with Gasteiger partial charge in [-0.3, -0.25) is 0 Å². The van der Waals surface area contributed by atoms with E-state index in [4.69, 9.17) is 0 Å². The number of rotatable bonds is 9. The molecule has 0 unspecified atom stereocenters. The van der Waals surface area contributed by atoms with Gasteiger partial charge < -0.3 is 4.90 Å². The van der Waals surface area contributed by atoms with E-state index in [1.54, 1.807) is 6.08 Å². The Bertz CT molecular complexity index is 2060. The predicted molar refractivity (Wildman–Crippen MR) is 205 cm³/mol. The Hall–Kier alpha value is -4.92. The van der Waals surface area contributed by atoms with Crippen LogP contribution in [0.25, 0.3) is 33.0 Å². The molecular formula is C44H38BrN. The van der Waals surface area contributed by atoms with Crippen LogP contribution in [-0.4, -0.2) is 0 Å². The number of anilines is 3. The van der Waals surface area contributed by atoms with Crippen LogP contribution in [0.15, 0.2) is 169 Å². The maximum atomic E-state index is 4.20. The quantitative estimate of drug-likeness (QED) is 0.142. The van der Waals surface area contributed by atoms with Crippen molar-refractivity contribution < 1.29 is 0 Å². The van der Waals surface area contributed by atoms with Crippen LogP contribution in [0.3, 0.4) is 0 Å². The van der Waals surface area contributed by atoms with Gasteiger partial charge in [0, 0.05) is 26.9 Å². The summed E-state index contributed by atoms with van der Waals surface area (Å²) in [6.07, 6.45) is 12.0. The number of fused-ring (bicyclic) bond motifs is 2. The molecule has 5 aromatic rings. The van der Waals surface area contributed by atoms with E-state index in [1.807, 2.05) is 18.2 Å². The Morgan fingerprint density at radius 1 is 0.761 bits per heavy atom. The summed E-state index contributed by atoms with van der Waals surface area (Å²) in [4.78, 5) is 2.33. The van der Waals surface area contributed by atoms with Crippen molar-refractivity contribution in [3.63, 3.8) is 0 Å². The summed E-state index contributed by atoms with van der Waals surface area (Å²) in [6, 6.07) is 37.2. The van der Waals surface area contributed by atoms with Crippen molar-refractivity contribution in [1.29, 1.82) is 0 Å². The van der Waals surface area contributed by atoms with Crippen molar-refractivity contribution in [2.45, 2.75) is 26.2 Å². The molecular weight excluding hydrogens is 622 g/mol. The molecule has 1 aliphatic carbocycles. The Labute approximate surface area is 282 Å². The maximum Gasteiger partial charge on any atom is 0.0479 e. The van der Waals surface area contributed by atoms with Gasteiger partial charge in [-0.25, -0.2) is 0 Å². The molecule has 0 aromatic heterocycles. The summed E-state index contributed by atoms with van der Waals surface area (Å²) in [5.74, 6) is 0. The van der Waals surface area contributed by atoms with E-state index >= 15 is 0 Å². The minimum absolute atomic E-state index is 0.172. The van der Waals surface area contributed by atoms with E-state index in [9.17, 15) is 0 Å². The molecule has 0 fully saturated rings. The van der Waals surface area contributed by atoms with Crippen molar-refractivity contribution >= 4 is 54.9 Å². The fourth-order valence-electron chi connectivity index (χ4n) is 6.82. The van der Waals surface area contributed by atoms with E-state index in [2.05, 4.69) is 177 Å². The minimum atomic E-state index is -0.172. The molecule has 0 atom stereocenters. The van der Waals surface area contributed by atoms with Gasteiger partial charge in [-0.2, -0.15) is 0 Å². The number of nitrogens with zero attached hydrogens (tertiary/aromatic N) is 1. The molecule has 5 aromatic carbocycles. The molecule has 0 radical (unpaired) electrons. The SMILES string of the molecule is C=C/C=C(\C=C)c1ccc(N(c2ccc(-c3cccc4ccccc34)cc2)c2cc(Br)c3c(c2)C(/C=C\C)=C(C=C)C3(C)C)cc1. The Kier molecular flexibility index (Phi) is 8.67. The third-order valence-corrected chi connectivity index (χ3v) is 9.58. The second kappa shape index (κ2) is 12.8. The van der Waals surface area contributed by atoms with Crippen LogP contribution in [0.5, 0.6) is 0 Å². The Morgan fingerprint density at radius 2 is 1.43 bits per heavy atom. The summed E-state index contributed by atoms with van der Waals surface area (Å²) in [5.41, 5.74) is 12.5. The highest BCUT2D eigenvalue weighted by atomic mass is 79.9. The average Bonchev–Trinajstić information content (AvgIpc) is 3.29. The van der Waals surface area contributed by atoms with Crippen LogP contribution in [-0.2, 0) is 5.41 Å². The van der Waals surface area contributed by atoms with E-state index in [0.29, 0.717) is 0 Å². The Balaban J connectivity index is 1.53. The average molecular weight is 661 g/mol. The molecule has 226 valence electrons. The summed E-state index contributed by atoms with van der Waals surface area (Å²) in [7, 11) is 0. The molecule has 1 nitrogen and oxygen atoms in total. The fraction of sp³-hybridized carbons (Fsp3) is 0.0909. The van der Waals surface area contributed by atoms with Crippen LogP contribution in [0.2, 0.25) is 0 Å². The van der Waals surface area contributed by atoms with Crippen molar-refractivity contribution in [3.05, 3.63) is 186 Å². The van der Waals surface area contributed by atoms with Gasteiger partial charge in [-0.15, -0.1) is 0 Å². The summed E-state index contributed by atoms with van der Waals surface area (Å²) >= 11 is 4.01. The molecule has 0 spiro atoms. The zero-order valence-corrected chi connectivity index (χ0v) is 28.3. The van der Waals surface area contributed by atoms with Gasteiger partial charge in [0.15, 0.2) is 0 Å². The predicted octanol–water partition coefficient (Wildman–Crippen LogP) is 13.3. The lowest BCUT2D eigenvalue weighted by Crippen LogP contribution is -2.17. The molecule has 0 saturated carbocycles. The smallest absolute Gasteiger partial charge is 0.0479 e. The van der Waals surface area contributed by atoms with Gasteiger partial charge in [-0.1, -0.05) is 153 Å². The van der Waals surface area contributed by atoms with Crippen LogP contribution in [0.1, 0.15) is 37.5 Å². The van der Waals surface area contributed by atoms with Crippen LogP contribution < -0.4 is 4.90 Å². The standard InChI is InChI=1S/C44H38BrN/c1-7-14-30(9-3)31-20-24-34(25-21-31)46(35-26-22-33(23-27-35)38-19-13-17-32-16-11-12-18-37(32)38)36-28-40-39(15-8-2)41(10-4)44(5,6)43(40)42(45)29-36/h7-29H,1,3-4H2,2,5-6H3/b15-8-,30-14+. The number of benzene rings is 5. The fourth-order valence-corrected chi connectivity index (χ4v) is 7.77. The molecule has 0 bridgehead atoms. The zero-order chi connectivity index (χ0) is 32.4. The minimum Gasteiger partial charge on any atom is -0.310 e. The van der Waals surface area contributed by atoms with Gasteiger partial charge in [0.05, 0.1) is 0 Å². The lowest BCUT2D eigenvalue weighted by atomic mass is 9.81. The van der Waals surface area contributed by atoms with E-state index in [1.165, 1.54) is 44.2 Å². The van der Waals surface area contributed by atoms with E-state index in [-0.39, 0.29) is 5.41 Å². The lowest BCUT2D eigenvalue weighted by Gasteiger charge is -2.29. The van der Waals surface area contributed by atoms with Crippen molar-refractivity contribution in [2.24, 2.45) is 0 Å². The molecule has 6 rings (SSSR count). The summed E-state index contributed by atoms with van der Waals surface area (Å²) < 4.78 is 1.08. The van der Waals surface area contributed by atoms with Gasteiger partial charge in [0.1, 0.15) is 0 Å². The van der Waals surface area contributed by atoms with E-state index < -0.39 is 0 Å². The number of hydrogen-bond donors (Lipinski definition) is 0. The first-order valence-corrected chi connectivity index (χ1v) is 16.4. The molecule has 46 heavy (non-hydrogen) atoms. The van der Waals surface area contributed by atoms with Crippen molar-refractivity contribution in [1.82, 2.24) is 0 Å². The monoisotopic (exact) mass is 659 g/mol. The van der Waals surface area contributed by atoms with Gasteiger partial charge in [-0.05, 0) is 98.6 Å². The Morgan fingerprint density at radius 3 is 2.09 bits per heavy atom. The number of allylic oxidation sites excluding steroid dienone is 9. The highest BCUT2D eigenvalue weighted by Crippen LogP contribution is 2.52. The first-order chi connectivity index (χ1) is 22.3. The molecule has 0 saturated heterocycles. The molecule has 0 amide bonds. The zero-order valence-electron chi connectivity index (χ0n) is 26.7. The summed E-state index contributed by atoms with van der Waals surface area (Å²) in [6.45, 7) is 18.7.